The van der Waals surface area contributed by atoms with Crippen LogP contribution in [0.3, 0.4) is 0 Å². The van der Waals surface area contributed by atoms with Crippen molar-refractivity contribution in [1.29, 1.82) is 0 Å². The Morgan fingerprint density at radius 3 is 1.93 bits per heavy atom. The number of carbonyl (C=O) groups is 1. The van der Waals surface area contributed by atoms with Gasteiger partial charge in [0.15, 0.2) is 47.7 Å². The molecular weight excluding hydrogens is 592 g/mol. The zero-order chi connectivity index (χ0) is 32.5. The number of rotatable bonds is 17. The molecule has 43 heavy (non-hydrogen) atoms. The number of hydrogen-bond donors (Lipinski definition) is 1. The van der Waals surface area contributed by atoms with Gasteiger partial charge >= 0.3 is 0 Å². The molecule has 0 radical (unpaired) electrons. The predicted octanol–water partition coefficient (Wildman–Crippen LogP) is 5.39. The Hall–Kier alpha value is -2.80. The first kappa shape index (κ1) is 36.4. The molecule has 2 atom stereocenters. The summed E-state index contributed by atoms with van der Waals surface area (Å²) in [5.74, 6) is 0.809. The zero-order valence-corrected chi connectivity index (χ0v) is 29.1. The van der Waals surface area contributed by atoms with Crippen LogP contribution in [0.1, 0.15) is 69.0 Å². The highest BCUT2D eigenvalue weighted by Gasteiger charge is 2.35. The molecule has 242 valence electrons. The fraction of sp³-hybridized carbons (Fsp3) is 0.581. The van der Waals surface area contributed by atoms with Gasteiger partial charge in [-0.05, 0) is 61.2 Å². The van der Waals surface area contributed by atoms with E-state index in [0.29, 0.717) is 34.8 Å². The van der Waals surface area contributed by atoms with Crippen LogP contribution in [0.5, 0.6) is 28.7 Å². The molecule has 2 aromatic rings. The Bertz CT molecular complexity index is 1310. The predicted molar refractivity (Wildman–Crippen MR) is 169 cm³/mol. The molecule has 0 fully saturated rings. The van der Waals surface area contributed by atoms with Crippen LogP contribution in [-0.4, -0.2) is 75.3 Å². The van der Waals surface area contributed by atoms with Gasteiger partial charge in [-0.25, -0.2) is 8.42 Å². The number of Topliss-reactive ketones (excluding diaryl/α,β-unsaturated/α-hetero) is 1. The molecule has 0 aliphatic rings. The second-order valence-corrected chi connectivity index (χ2v) is 16.0. The number of methoxy groups -OCH3 is 4. The van der Waals surface area contributed by atoms with E-state index in [1.165, 1.54) is 34.5 Å². The van der Waals surface area contributed by atoms with Crippen molar-refractivity contribution in [2.45, 2.75) is 77.2 Å². The van der Waals surface area contributed by atoms with Crippen molar-refractivity contribution in [2.24, 2.45) is 5.41 Å². The number of ketones is 1. The van der Waals surface area contributed by atoms with Crippen LogP contribution in [0.25, 0.3) is 0 Å². The lowest BCUT2D eigenvalue weighted by molar-refractivity contribution is 0.0939. The summed E-state index contributed by atoms with van der Waals surface area (Å²) in [7, 11) is 0.293. The molecular formula is C31H48O10SSi. The minimum absolute atomic E-state index is 0.0278. The van der Waals surface area contributed by atoms with E-state index in [1.54, 1.807) is 18.2 Å². The van der Waals surface area contributed by atoms with Crippen LogP contribution in [0.2, 0.25) is 13.1 Å². The van der Waals surface area contributed by atoms with E-state index in [0.717, 1.165) is 0 Å². The summed E-state index contributed by atoms with van der Waals surface area (Å²) in [5, 5.41) is 11.2. The van der Waals surface area contributed by atoms with Crippen LogP contribution in [0, 0.1) is 5.41 Å². The molecule has 0 spiro atoms. The zero-order valence-electron chi connectivity index (χ0n) is 27.1. The van der Waals surface area contributed by atoms with Crippen molar-refractivity contribution < 1.29 is 46.4 Å². The average Bonchev–Trinajstić information content (AvgIpc) is 2.95. The number of aliphatic hydroxyl groups excluding tert-OH is 1. The lowest BCUT2D eigenvalue weighted by Crippen LogP contribution is -2.39. The Morgan fingerprint density at radius 2 is 1.47 bits per heavy atom. The Labute approximate surface area is 258 Å². The van der Waals surface area contributed by atoms with Crippen molar-refractivity contribution in [3.8, 4) is 28.7 Å². The third-order valence-corrected chi connectivity index (χ3v) is 9.43. The van der Waals surface area contributed by atoms with Crippen molar-refractivity contribution in [1.82, 2.24) is 0 Å². The molecule has 2 rings (SSSR count). The number of aliphatic hydroxyl groups is 1. The molecule has 0 amide bonds. The summed E-state index contributed by atoms with van der Waals surface area (Å²) in [6, 6.07) is 6.08. The third kappa shape index (κ3) is 9.59. The van der Waals surface area contributed by atoms with Gasteiger partial charge in [-0.15, -0.1) is 0 Å². The molecule has 1 N–H and O–H groups in total. The number of benzene rings is 2. The summed E-state index contributed by atoms with van der Waals surface area (Å²) < 4.78 is 61.5. The van der Waals surface area contributed by atoms with Crippen LogP contribution in [0.4, 0.5) is 0 Å². The lowest BCUT2D eigenvalue weighted by atomic mass is 9.90. The summed E-state index contributed by atoms with van der Waals surface area (Å²) in [6.45, 7) is 12.0. The molecule has 0 heterocycles. The minimum atomic E-state index is -3.96. The standard InChI is InChI=1S/C31H48O10SSi/c1-11-14-40-30-26(38-7)17-21(18-27(30)42(34,35)19-28(31(2,3)4)41-43(9)10)23(33)13-12-22(32)20-15-24(36-5)29(39-8)25(16-20)37-6/h15-18,23,28,33,43H,11-14,19H2,1-10H3. The van der Waals surface area contributed by atoms with E-state index in [-0.39, 0.29) is 47.4 Å². The molecule has 0 aliphatic carbocycles. The van der Waals surface area contributed by atoms with Crippen LogP contribution in [-0.2, 0) is 14.3 Å². The second-order valence-electron chi connectivity index (χ2n) is 11.6. The maximum absolute atomic E-state index is 14.0. The Morgan fingerprint density at radius 1 is 0.907 bits per heavy atom. The number of hydrogen-bond acceptors (Lipinski definition) is 10. The maximum atomic E-state index is 14.0. The molecule has 0 aromatic heterocycles. The van der Waals surface area contributed by atoms with Crippen LogP contribution >= 0.6 is 0 Å². The normalized spacial score (nSPS) is 13.4. The molecule has 0 bridgehead atoms. The topological polar surface area (TPSA) is 127 Å². The molecule has 0 aliphatic heterocycles. The van der Waals surface area contributed by atoms with Crippen molar-refractivity contribution in [3.05, 3.63) is 35.4 Å². The number of ether oxygens (including phenoxy) is 5. The first-order chi connectivity index (χ1) is 20.1. The monoisotopic (exact) mass is 640 g/mol. The molecule has 2 aromatic carbocycles. The van der Waals surface area contributed by atoms with Crippen molar-refractivity contribution in [3.63, 3.8) is 0 Å². The number of sulfone groups is 1. The van der Waals surface area contributed by atoms with Gasteiger partial charge in [-0.3, -0.25) is 4.79 Å². The van der Waals surface area contributed by atoms with E-state index < -0.39 is 36.5 Å². The highest BCUT2D eigenvalue weighted by Crippen LogP contribution is 2.41. The smallest absolute Gasteiger partial charge is 0.203 e. The Kier molecular flexibility index (Phi) is 13.4. The quantitative estimate of drug-likeness (QED) is 0.178. The Balaban J connectivity index is 2.47. The minimum Gasteiger partial charge on any atom is -0.493 e. The molecule has 2 unspecified atom stereocenters. The van der Waals surface area contributed by atoms with Crippen LogP contribution < -0.4 is 23.7 Å². The first-order valence-electron chi connectivity index (χ1n) is 14.4. The largest absolute Gasteiger partial charge is 0.493 e. The van der Waals surface area contributed by atoms with Gasteiger partial charge in [0.1, 0.15) is 4.90 Å². The van der Waals surface area contributed by atoms with E-state index in [2.05, 4.69) is 0 Å². The van der Waals surface area contributed by atoms with Gasteiger partial charge in [0.2, 0.25) is 5.75 Å². The first-order valence-corrected chi connectivity index (χ1v) is 18.8. The van der Waals surface area contributed by atoms with Gasteiger partial charge in [-0.1, -0.05) is 27.7 Å². The highest BCUT2D eigenvalue weighted by atomic mass is 32.2. The van der Waals surface area contributed by atoms with Crippen LogP contribution in [0.15, 0.2) is 29.2 Å². The third-order valence-electron chi connectivity index (χ3n) is 6.84. The van der Waals surface area contributed by atoms with Gasteiger partial charge in [0.25, 0.3) is 0 Å². The number of carbonyl (C=O) groups excluding carboxylic acids is 1. The van der Waals surface area contributed by atoms with E-state index >= 15 is 0 Å². The molecule has 0 saturated heterocycles. The van der Waals surface area contributed by atoms with E-state index in [9.17, 15) is 18.3 Å². The highest BCUT2D eigenvalue weighted by molar-refractivity contribution is 7.91. The summed E-state index contributed by atoms with van der Waals surface area (Å²) in [5.41, 5.74) is 0.194. The van der Waals surface area contributed by atoms with Gasteiger partial charge in [0, 0.05) is 12.0 Å². The molecule has 0 saturated carbocycles. The lowest BCUT2D eigenvalue weighted by Gasteiger charge is -2.32. The van der Waals surface area contributed by atoms with Crippen molar-refractivity contribution >= 4 is 24.7 Å². The second kappa shape index (κ2) is 15.8. The SMILES string of the molecule is CCCOc1c(OC)cc(C(O)CCC(=O)c2cc(OC)c(OC)c(OC)c2)cc1S(=O)(=O)CC(O[SiH](C)C)C(C)(C)C. The van der Waals surface area contributed by atoms with Gasteiger partial charge < -0.3 is 33.2 Å². The average molecular weight is 641 g/mol. The van der Waals surface area contributed by atoms with Gasteiger partial charge in [0.05, 0.1) is 53.0 Å². The molecule has 10 nitrogen and oxygen atoms in total. The fourth-order valence-electron chi connectivity index (χ4n) is 4.45. The summed E-state index contributed by atoms with van der Waals surface area (Å²) in [6.07, 6.45) is -1.05. The molecule has 12 heteroatoms. The fourth-order valence-corrected chi connectivity index (χ4v) is 7.67. The van der Waals surface area contributed by atoms with Gasteiger partial charge in [-0.2, -0.15) is 0 Å². The summed E-state index contributed by atoms with van der Waals surface area (Å²) in [4.78, 5) is 13.1. The maximum Gasteiger partial charge on any atom is 0.203 e. The van der Waals surface area contributed by atoms with E-state index in [4.69, 9.17) is 28.1 Å². The van der Waals surface area contributed by atoms with Crippen molar-refractivity contribution in [2.75, 3.05) is 40.8 Å². The van der Waals surface area contributed by atoms with E-state index in [1.807, 2.05) is 40.8 Å². The summed E-state index contributed by atoms with van der Waals surface area (Å²) >= 11 is 0.